The minimum absolute atomic E-state index is 0.00686. The average molecular weight is 452 g/mol. The van der Waals surface area contributed by atoms with Crippen LogP contribution in [0.1, 0.15) is 25.7 Å². The van der Waals surface area contributed by atoms with E-state index in [9.17, 15) is 16.8 Å². The molecule has 4 rings (SSSR count). The summed E-state index contributed by atoms with van der Waals surface area (Å²) >= 11 is 0. The Morgan fingerprint density at radius 1 is 0.933 bits per heavy atom. The second-order valence-electron chi connectivity index (χ2n) is 7.74. The van der Waals surface area contributed by atoms with Crippen LogP contribution in [0.4, 0.5) is 0 Å². The number of unbranched alkanes of at least 4 members (excludes halogenated alkanes) is 1. The zero-order valence-electron chi connectivity index (χ0n) is 16.4. The molecule has 2 aromatic carbocycles. The number of hydrogen-bond donors (Lipinski definition) is 1. The summed E-state index contributed by atoms with van der Waals surface area (Å²) < 4.78 is 54.4. The van der Waals surface area contributed by atoms with Crippen LogP contribution in [0.3, 0.4) is 0 Å². The van der Waals surface area contributed by atoms with Crippen LogP contribution in [-0.4, -0.2) is 56.4 Å². The fourth-order valence-electron chi connectivity index (χ4n) is 4.40. The van der Waals surface area contributed by atoms with Crippen molar-refractivity contribution < 1.29 is 26.8 Å². The molecule has 2 aromatic rings. The Labute approximate surface area is 177 Å². The molecule has 2 aliphatic heterocycles. The van der Waals surface area contributed by atoms with Crippen molar-refractivity contribution >= 4 is 19.7 Å². The van der Waals surface area contributed by atoms with Crippen LogP contribution in [-0.2, 0) is 24.5 Å². The molecule has 162 valence electrons. The number of hydroxylamine groups is 2. The van der Waals surface area contributed by atoms with E-state index >= 15 is 0 Å². The zero-order chi connectivity index (χ0) is 21.4. The average Bonchev–Trinajstić information content (AvgIpc) is 3.33. The van der Waals surface area contributed by atoms with Crippen LogP contribution in [0.2, 0.25) is 0 Å². The molecule has 2 fully saturated rings. The van der Waals surface area contributed by atoms with Gasteiger partial charge < -0.3 is 5.11 Å². The Morgan fingerprint density at radius 2 is 1.53 bits per heavy atom. The highest BCUT2D eigenvalue weighted by Crippen LogP contribution is 2.51. The van der Waals surface area contributed by atoms with E-state index in [1.807, 2.05) is 0 Å². The van der Waals surface area contributed by atoms with E-state index in [1.165, 1.54) is 29.3 Å². The molecule has 1 N–H and O–H groups in total. The number of aliphatic hydroxyl groups excluding tert-OH is 1. The smallest absolute Gasteiger partial charge is 0.214 e. The van der Waals surface area contributed by atoms with Crippen LogP contribution >= 0.6 is 0 Å². The molecular weight excluding hydrogens is 426 g/mol. The number of nitrogens with zero attached hydrogens (tertiary/aromatic N) is 1. The van der Waals surface area contributed by atoms with Crippen molar-refractivity contribution in [2.24, 2.45) is 0 Å². The van der Waals surface area contributed by atoms with Crippen LogP contribution in [0, 0.1) is 0 Å². The highest BCUT2D eigenvalue weighted by atomic mass is 32.2. The minimum atomic E-state index is -4.10. The molecule has 0 aromatic heterocycles. The van der Waals surface area contributed by atoms with E-state index in [0.717, 1.165) is 0 Å². The third-order valence-electron chi connectivity index (χ3n) is 5.94. The molecule has 9 heteroatoms. The van der Waals surface area contributed by atoms with Gasteiger partial charge in [-0.15, -0.1) is 0 Å². The quantitative estimate of drug-likeness (QED) is 0.614. The van der Waals surface area contributed by atoms with Gasteiger partial charge in [-0.2, -0.15) is 5.06 Å². The normalized spacial score (nSPS) is 28.6. The van der Waals surface area contributed by atoms with Crippen LogP contribution in [0.15, 0.2) is 70.5 Å². The summed E-state index contributed by atoms with van der Waals surface area (Å²) in [4.78, 5) is 4.22. The third kappa shape index (κ3) is 3.38. The second-order valence-corrected chi connectivity index (χ2v) is 12.0. The summed E-state index contributed by atoms with van der Waals surface area (Å²) in [7, 11) is -8.06. The fraction of sp³-hybridized carbons (Fsp3) is 0.429. The zero-order valence-corrected chi connectivity index (χ0v) is 18.1. The second kappa shape index (κ2) is 8.05. The first-order valence-electron chi connectivity index (χ1n) is 9.98. The molecule has 0 radical (unpaired) electrons. The maximum absolute atomic E-state index is 13.7. The van der Waals surface area contributed by atoms with Crippen molar-refractivity contribution in [1.82, 2.24) is 5.06 Å². The van der Waals surface area contributed by atoms with Crippen LogP contribution in [0.5, 0.6) is 0 Å². The van der Waals surface area contributed by atoms with Crippen molar-refractivity contribution in [2.75, 3.05) is 13.2 Å². The van der Waals surface area contributed by atoms with Gasteiger partial charge in [-0.25, -0.2) is 16.8 Å². The van der Waals surface area contributed by atoms with Gasteiger partial charge in [0.15, 0.2) is 9.84 Å². The van der Waals surface area contributed by atoms with Crippen molar-refractivity contribution in [3.63, 3.8) is 0 Å². The SMILES string of the molecule is O=S(=O)(c1ccccc1)[C@@H]1CN2OC1(S(=O)(=O)c1ccccc1)C[C@@H]2CCCCO. The summed E-state index contributed by atoms with van der Waals surface area (Å²) in [6, 6.07) is 15.6. The number of benzene rings is 2. The van der Waals surface area contributed by atoms with Gasteiger partial charge in [-0.3, -0.25) is 4.84 Å². The van der Waals surface area contributed by atoms with Crippen molar-refractivity contribution in [3.8, 4) is 0 Å². The maximum Gasteiger partial charge on any atom is 0.214 e. The Morgan fingerprint density at radius 3 is 2.13 bits per heavy atom. The van der Waals surface area contributed by atoms with E-state index in [1.54, 1.807) is 36.4 Å². The van der Waals surface area contributed by atoms with Gasteiger partial charge in [-0.05, 0) is 43.5 Å². The molecule has 30 heavy (non-hydrogen) atoms. The van der Waals surface area contributed by atoms with Gasteiger partial charge in [0.1, 0.15) is 5.25 Å². The summed E-state index contributed by atoms with van der Waals surface area (Å²) in [5.74, 6) is 0. The highest BCUT2D eigenvalue weighted by Gasteiger charge is 2.69. The van der Waals surface area contributed by atoms with Gasteiger partial charge in [0.05, 0.1) is 9.79 Å². The monoisotopic (exact) mass is 451 g/mol. The van der Waals surface area contributed by atoms with Crippen LogP contribution in [0.25, 0.3) is 0 Å². The topological polar surface area (TPSA) is 101 Å². The Bertz CT molecular complexity index is 1090. The first kappa shape index (κ1) is 21.5. The lowest BCUT2D eigenvalue weighted by molar-refractivity contribution is -0.125. The van der Waals surface area contributed by atoms with Gasteiger partial charge in [0.2, 0.25) is 14.8 Å². The Balaban J connectivity index is 1.77. The molecule has 2 saturated heterocycles. The highest BCUT2D eigenvalue weighted by molar-refractivity contribution is 7.96. The lowest BCUT2D eigenvalue weighted by Crippen LogP contribution is -2.53. The summed E-state index contributed by atoms with van der Waals surface area (Å²) in [5.41, 5.74) is 0. The van der Waals surface area contributed by atoms with Gasteiger partial charge >= 0.3 is 0 Å². The number of rotatable bonds is 8. The predicted octanol–water partition coefficient (Wildman–Crippen LogP) is 2.18. The molecule has 2 bridgehead atoms. The van der Waals surface area contributed by atoms with Crippen molar-refractivity contribution in [2.45, 2.75) is 51.7 Å². The summed E-state index contributed by atoms with van der Waals surface area (Å²) in [6.45, 7) is 0.0547. The van der Waals surface area contributed by atoms with E-state index in [-0.39, 0.29) is 35.4 Å². The van der Waals surface area contributed by atoms with E-state index in [4.69, 9.17) is 9.94 Å². The number of fused-ring (bicyclic) bond motifs is 2. The van der Waals surface area contributed by atoms with Crippen molar-refractivity contribution in [3.05, 3.63) is 60.7 Å². The number of sulfone groups is 2. The van der Waals surface area contributed by atoms with Crippen LogP contribution < -0.4 is 0 Å². The van der Waals surface area contributed by atoms with E-state index in [2.05, 4.69) is 0 Å². The maximum atomic E-state index is 13.7. The largest absolute Gasteiger partial charge is 0.396 e. The predicted molar refractivity (Wildman–Crippen MR) is 111 cm³/mol. The molecule has 0 amide bonds. The first-order valence-corrected chi connectivity index (χ1v) is 13.0. The number of hydrogen-bond acceptors (Lipinski definition) is 7. The van der Waals surface area contributed by atoms with E-state index in [0.29, 0.717) is 19.3 Å². The molecule has 2 unspecified atom stereocenters. The molecule has 0 saturated carbocycles. The first-order chi connectivity index (χ1) is 14.3. The number of piperidine rings is 1. The third-order valence-corrected chi connectivity index (χ3v) is 10.6. The van der Waals surface area contributed by atoms with E-state index < -0.39 is 29.9 Å². The van der Waals surface area contributed by atoms with Gasteiger partial charge in [0, 0.05) is 25.6 Å². The minimum Gasteiger partial charge on any atom is -0.396 e. The molecule has 2 heterocycles. The Hall–Kier alpha value is -1.78. The lowest BCUT2D eigenvalue weighted by atomic mass is 9.98. The Kier molecular flexibility index (Phi) is 5.75. The lowest BCUT2D eigenvalue weighted by Gasteiger charge is -2.32. The molecule has 0 aliphatic carbocycles. The van der Waals surface area contributed by atoms with Gasteiger partial charge in [-0.1, -0.05) is 36.4 Å². The summed E-state index contributed by atoms with van der Waals surface area (Å²) in [6.07, 6.45) is 2.02. The molecular formula is C21H25NO6S2. The molecule has 7 nitrogen and oxygen atoms in total. The molecule has 2 aliphatic rings. The number of aliphatic hydroxyl groups is 1. The van der Waals surface area contributed by atoms with Crippen molar-refractivity contribution in [1.29, 1.82) is 0 Å². The summed E-state index contributed by atoms with van der Waals surface area (Å²) in [5, 5.41) is 9.36. The molecule has 4 atom stereocenters. The fourth-order valence-corrected chi connectivity index (χ4v) is 8.92. The standard InChI is InChI=1S/C21H25NO6S2/c23-14-8-7-9-17-15-21(30(26,27)19-12-5-2-6-13-19)20(16-22(17)28-21)29(24,25)18-10-3-1-4-11-18/h1-6,10-13,17,20,23H,7-9,14-16H2/t17-,20+,21?/m0/s1. The van der Waals surface area contributed by atoms with Gasteiger partial charge in [0.25, 0.3) is 0 Å². The molecule has 0 spiro atoms.